The van der Waals surface area contributed by atoms with Gasteiger partial charge in [0.15, 0.2) is 5.11 Å². The van der Waals surface area contributed by atoms with E-state index >= 15 is 0 Å². The Hall–Kier alpha value is -2.77. The van der Waals surface area contributed by atoms with Crippen LogP contribution >= 0.6 is 23.6 Å². The third-order valence-electron chi connectivity index (χ3n) is 3.88. The lowest BCUT2D eigenvalue weighted by Gasteiger charge is -2.16. The van der Waals surface area contributed by atoms with Gasteiger partial charge in [-0.3, -0.25) is 4.79 Å². The minimum atomic E-state index is -0.445. The molecule has 0 aliphatic heterocycles. The van der Waals surface area contributed by atoms with Crippen LogP contribution < -0.4 is 16.0 Å². The average molecular weight is 400 g/mol. The molecule has 27 heavy (non-hydrogen) atoms. The van der Waals surface area contributed by atoms with Gasteiger partial charge in [0.2, 0.25) is 0 Å². The standard InChI is InChI=1S/C20H18FN3OS2/c1-13(15-9-10-27-12-15)22-20(26)24-18-7-5-17(6-8-18)23-19(25)14-3-2-4-16(21)11-14/h2-13H,1H3,(H,23,25)(H2,22,24,26). The number of nitrogens with one attached hydrogen (secondary N) is 3. The molecule has 1 atom stereocenters. The summed E-state index contributed by atoms with van der Waals surface area (Å²) in [6, 6.07) is 14.9. The Morgan fingerprint density at radius 3 is 2.41 bits per heavy atom. The number of thiocarbonyl (C=S) groups is 1. The molecular formula is C20H18FN3OS2. The molecule has 0 aliphatic carbocycles. The molecule has 2 aromatic carbocycles. The van der Waals surface area contributed by atoms with Crippen molar-refractivity contribution in [3.05, 3.63) is 82.3 Å². The summed E-state index contributed by atoms with van der Waals surface area (Å²) in [6.45, 7) is 2.04. The molecule has 1 amide bonds. The van der Waals surface area contributed by atoms with E-state index in [1.165, 1.54) is 23.8 Å². The van der Waals surface area contributed by atoms with Crippen LogP contribution in [-0.4, -0.2) is 11.0 Å². The molecular weight excluding hydrogens is 381 g/mol. The molecule has 4 nitrogen and oxygen atoms in total. The molecule has 1 aromatic heterocycles. The van der Waals surface area contributed by atoms with Crippen LogP contribution in [0, 0.1) is 5.82 Å². The van der Waals surface area contributed by atoms with Crippen molar-refractivity contribution >= 4 is 45.9 Å². The van der Waals surface area contributed by atoms with E-state index in [4.69, 9.17) is 12.2 Å². The fourth-order valence-corrected chi connectivity index (χ4v) is 3.49. The number of amides is 1. The molecule has 0 saturated carbocycles. The Bertz CT molecular complexity index is 927. The van der Waals surface area contributed by atoms with Crippen molar-refractivity contribution < 1.29 is 9.18 Å². The Labute approximate surface area is 166 Å². The Morgan fingerprint density at radius 2 is 1.78 bits per heavy atom. The Balaban J connectivity index is 1.55. The molecule has 7 heteroatoms. The van der Waals surface area contributed by atoms with Crippen molar-refractivity contribution in [3.63, 3.8) is 0 Å². The number of carbonyl (C=O) groups excluding carboxylic acids is 1. The number of hydrogen-bond donors (Lipinski definition) is 3. The van der Waals surface area contributed by atoms with Gasteiger partial charge in [0.05, 0.1) is 6.04 Å². The minimum Gasteiger partial charge on any atom is -0.356 e. The van der Waals surface area contributed by atoms with Gasteiger partial charge in [0, 0.05) is 16.9 Å². The number of hydrogen-bond acceptors (Lipinski definition) is 3. The number of carbonyl (C=O) groups is 1. The summed E-state index contributed by atoms with van der Waals surface area (Å²) in [4.78, 5) is 12.1. The molecule has 0 radical (unpaired) electrons. The van der Waals surface area contributed by atoms with Gasteiger partial charge in [0.1, 0.15) is 5.82 Å². The van der Waals surface area contributed by atoms with Crippen LogP contribution in [0.4, 0.5) is 15.8 Å². The van der Waals surface area contributed by atoms with Gasteiger partial charge in [-0.1, -0.05) is 6.07 Å². The summed E-state index contributed by atoms with van der Waals surface area (Å²) in [6.07, 6.45) is 0. The number of benzene rings is 2. The van der Waals surface area contributed by atoms with E-state index in [9.17, 15) is 9.18 Å². The van der Waals surface area contributed by atoms with E-state index in [2.05, 4.69) is 27.4 Å². The zero-order valence-electron chi connectivity index (χ0n) is 14.5. The Morgan fingerprint density at radius 1 is 1.07 bits per heavy atom. The predicted molar refractivity (Wildman–Crippen MR) is 113 cm³/mol. The largest absolute Gasteiger partial charge is 0.356 e. The van der Waals surface area contributed by atoms with Crippen LogP contribution in [0.1, 0.15) is 28.9 Å². The summed E-state index contributed by atoms with van der Waals surface area (Å²) < 4.78 is 13.2. The number of anilines is 2. The fraction of sp³-hybridized carbons (Fsp3) is 0.100. The van der Waals surface area contributed by atoms with Crippen LogP contribution in [-0.2, 0) is 0 Å². The first-order chi connectivity index (χ1) is 13.0. The lowest BCUT2D eigenvalue weighted by Crippen LogP contribution is -2.30. The summed E-state index contributed by atoms with van der Waals surface area (Å²) >= 11 is 6.99. The minimum absolute atomic E-state index is 0.112. The van der Waals surface area contributed by atoms with Gasteiger partial charge < -0.3 is 16.0 Å². The summed E-state index contributed by atoms with van der Waals surface area (Å²) in [7, 11) is 0. The monoisotopic (exact) mass is 399 g/mol. The van der Waals surface area contributed by atoms with Crippen molar-refractivity contribution in [2.75, 3.05) is 10.6 Å². The van der Waals surface area contributed by atoms with Crippen molar-refractivity contribution in [2.45, 2.75) is 13.0 Å². The molecule has 1 heterocycles. The van der Waals surface area contributed by atoms with Crippen LogP contribution in [0.3, 0.4) is 0 Å². The smallest absolute Gasteiger partial charge is 0.255 e. The third kappa shape index (κ3) is 5.35. The van der Waals surface area contributed by atoms with Crippen LogP contribution in [0.25, 0.3) is 0 Å². The van der Waals surface area contributed by atoms with E-state index in [1.54, 1.807) is 29.5 Å². The normalized spacial score (nSPS) is 11.5. The molecule has 0 saturated heterocycles. The maximum Gasteiger partial charge on any atom is 0.255 e. The van der Waals surface area contributed by atoms with Crippen molar-refractivity contribution in [1.82, 2.24) is 5.32 Å². The highest BCUT2D eigenvalue weighted by Gasteiger charge is 2.09. The first-order valence-electron chi connectivity index (χ1n) is 8.28. The van der Waals surface area contributed by atoms with Gasteiger partial charge in [-0.25, -0.2) is 4.39 Å². The van der Waals surface area contributed by atoms with Gasteiger partial charge in [0.25, 0.3) is 5.91 Å². The van der Waals surface area contributed by atoms with E-state index in [-0.39, 0.29) is 17.5 Å². The highest BCUT2D eigenvalue weighted by Crippen LogP contribution is 2.17. The summed E-state index contributed by atoms with van der Waals surface area (Å²) in [5.74, 6) is -0.808. The highest BCUT2D eigenvalue weighted by molar-refractivity contribution is 7.80. The molecule has 3 N–H and O–H groups in total. The zero-order chi connectivity index (χ0) is 19.2. The van der Waals surface area contributed by atoms with E-state index in [0.29, 0.717) is 10.8 Å². The predicted octanol–water partition coefficient (Wildman–Crippen LogP) is 5.19. The molecule has 0 fully saturated rings. The fourth-order valence-electron chi connectivity index (χ4n) is 2.44. The van der Waals surface area contributed by atoms with E-state index in [0.717, 1.165) is 5.69 Å². The maximum absolute atomic E-state index is 13.2. The second-order valence-corrected chi connectivity index (χ2v) is 7.11. The highest BCUT2D eigenvalue weighted by atomic mass is 32.1. The second kappa shape index (κ2) is 8.75. The van der Waals surface area contributed by atoms with Crippen molar-refractivity contribution in [3.8, 4) is 0 Å². The SMILES string of the molecule is CC(NC(=S)Nc1ccc(NC(=O)c2cccc(F)c2)cc1)c1ccsc1. The van der Waals surface area contributed by atoms with Gasteiger partial charge >= 0.3 is 0 Å². The number of rotatable bonds is 5. The summed E-state index contributed by atoms with van der Waals surface area (Å²) in [5, 5.41) is 13.7. The topological polar surface area (TPSA) is 53.2 Å². The quantitative estimate of drug-likeness (QED) is 0.517. The molecule has 1 unspecified atom stereocenters. The van der Waals surface area contributed by atoms with Crippen molar-refractivity contribution in [1.29, 1.82) is 0 Å². The third-order valence-corrected chi connectivity index (χ3v) is 4.80. The lowest BCUT2D eigenvalue weighted by atomic mass is 10.2. The lowest BCUT2D eigenvalue weighted by molar-refractivity contribution is 0.102. The molecule has 3 rings (SSSR count). The molecule has 0 spiro atoms. The van der Waals surface area contributed by atoms with Crippen LogP contribution in [0.15, 0.2) is 65.4 Å². The van der Waals surface area contributed by atoms with Gasteiger partial charge in [-0.05, 0) is 84.0 Å². The van der Waals surface area contributed by atoms with Crippen LogP contribution in [0.5, 0.6) is 0 Å². The van der Waals surface area contributed by atoms with Gasteiger partial charge in [-0.2, -0.15) is 11.3 Å². The molecule has 0 bridgehead atoms. The zero-order valence-corrected chi connectivity index (χ0v) is 16.2. The average Bonchev–Trinajstić information content (AvgIpc) is 3.18. The maximum atomic E-state index is 13.2. The van der Waals surface area contributed by atoms with Crippen molar-refractivity contribution in [2.24, 2.45) is 0 Å². The van der Waals surface area contributed by atoms with Gasteiger partial charge in [-0.15, -0.1) is 0 Å². The first kappa shape index (κ1) is 19.0. The van der Waals surface area contributed by atoms with E-state index in [1.807, 2.05) is 24.4 Å². The van der Waals surface area contributed by atoms with E-state index < -0.39 is 5.82 Å². The second-order valence-electron chi connectivity index (χ2n) is 5.92. The first-order valence-corrected chi connectivity index (χ1v) is 9.63. The molecule has 3 aromatic rings. The van der Waals surface area contributed by atoms with Crippen LogP contribution in [0.2, 0.25) is 0 Å². The number of thiophene rings is 1. The summed E-state index contributed by atoms with van der Waals surface area (Å²) in [5.41, 5.74) is 2.86. The molecule has 0 aliphatic rings. The Kier molecular flexibility index (Phi) is 6.16. The molecule has 138 valence electrons. The number of halogens is 1.